The number of carbonyl (C=O) groups is 1. The van der Waals surface area contributed by atoms with Gasteiger partial charge >= 0.3 is 0 Å². The van der Waals surface area contributed by atoms with Crippen molar-refractivity contribution in [2.45, 2.75) is 44.6 Å². The van der Waals surface area contributed by atoms with Gasteiger partial charge in [0, 0.05) is 0 Å². The van der Waals surface area contributed by atoms with Crippen LogP contribution in [0.1, 0.15) is 37.7 Å². The van der Waals surface area contributed by atoms with Crippen molar-refractivity contribution in [3.63, 3.8) is 0 Å². The standard InChI is InChI=1S/C17H22O2/c18-16-11-5-4-9-15(10-6-12-17(16)19)13-14-7-2-1-3-8-14/h1-3,5,7-8,11,15,17,19H,4,6,9-10,12-13H2/b11-5-. The van der Waals surface area contributed by atoms with E-state index in [0.717, 1.165) is 32.1 Å². The second-order valence-corrected chi connectivity index (χ2v) is 5.38. The Kier molecular flexibility index (Phi) is 5.34. The summed E-state index contributed by atoms with van der Waals surface area (Å²) in [5.41, 5.74) is 1.38. The molecule has 0 aromatic heterocycles. The highest BCUT2D eigenvalue weighted by Crippen LogP contribution is 2.22. The lowest BCUT2D eigenvalue weighted by Crippen LogP contribution is -2.19. The summed E-state index contributed by atoms with van der Waals surface area (Å²) in [6, 6.07) is 10.6. The monoisotopic (exact) mass is 258 g/mol. The van der Waals surface area contributed by atoms with Crippen LogP contribution < -0.4 is 0 Å². The third-order valence-corrected chi connectivity index (χ3v) is 3.81. The molecule has 1 N–H and O–H groups in total. The topological polar surface area (TPSA) is 37.3 Å². The predicted octanol–water partition coefficient (Wildman–Crippen LogP) is 3.30. The maximum absolute atomic E-state index is 11.5. The number of ketones is 1. The molecule has 1 aliphatic rings. The molecule has 1 aromatic carbocycles. The number of hydrogen-bond donors (Lipinski definition) is 1. The molecule has 0 aliphatic heterocycles. The molecule has 2 unspecified atom stereocenters. The first-order valence-electron chi connectivity index (χ1n) is 7.18. The van der Waals surface area contributed by atoms with E-state index in [-0.39, 0.29) is 5.78 Å². The molecule has 2 nitrogen and oxygen atoms in total. The van der Waals surface area contributed by atoms with Gasteiger partial charge in [0.1, 0.15) is 6.10 Å². The van der Waals surface area contributed by atoms with Crippen LogP contribution >= 0.6 is 0 Å². The van der Waals surface area contributed by atoms with Gasteiger partial charge in [-0.05, 0) is 43.2 Å². The third kappa shape index (κ3) is 4.64. The van der Waals surface area contributed by atoms with Crippen molar-refractivity contribution in [2.75, 3.05) is 0 Å². The molecule has 2 atom stereocenters. The largest absolute Gasteiger partial charge is 0.385 e. The Bertz CT molecular complexity index is 422. The molecule has 1 aromatic rings. The van der Waals surface area contributed by atoms with Crippen LogP contribution in [0.5, 0.6) is 0 Å². The van der Waals surface area contributed by atoms with Crippen LogP contribution in [-0.2, 0) is 11.2 Å². The minimum atomic E-state index is -0.799. The molecule has 102 valence electrons. The van der Waals surface area contributed by atoms with Crippen LogP contribution in [0.25, 0.3) is 0 Å². The molecule has 0 saturated carbocycles. The highest BCUT2D eigenvalue weighted by atomic mass is 16.3. The van der Waals surface area contributed by atoms with Crippen molar-refractivity contribution in [2.24, 2.45) is 5.92 Å². The number of aliphatic hydroxyl groups is 1. The van der Waals surface area contributed by atoms with Crippen LogP contribution in [0.3, 0.4) is 0 Å². The minimum absolute atomic E-state index is 0.137. The summed E-state index contributed by atoms with van der Waals surface area (Å²) in [6.07, 6.45) is 8.42. The van der Waals surface area contributed by atoms with E-state index in [0.29, 0.717) is 12.3 Å². The molecule has 0 spiro atoms. The molecular weight excluding hydrogens is 236 g/mol. The lowest BCUT2D eigenvalue weighted by atomic mass is 9.88. The van der Waals surface area contributed by atoms with Crippen molar-refractivity contribution in [3.05, 3.63) is 48.0 Å². The Hall–Kier alpha value is -1.41. The van der Waals surface area contributed by atoms with E-state index in [2.05, 4.69) is 24.3 Å². The average Bonchev–Trinajstić information content (AvgIpc) is 2.43. The van der Waals surface area contributed by atoms with Gasteiger partial charge in [-0.15, -0.1) is 0 Å². The van der Waals surface area contributed by atoms with Crippen molar-refractivity contribution >= 4 is 5.78 Å². The van der Waals surface area contributed by atoms with Crippen LogP contribution in [-0.4, -0.2) is 17.0 Å². The summed E-state index contributed by atoms with van der Waals surface area (Å²) in [4.78, 5) is 11.5. The molecule has 2 heteroatoms. The highest BCUT2D eigenvalue weighted by Gasteiger charge is 2.16. The zero-order valence-corrected chi connectivity index (χ0v) is 11.3. The summed E-state index contributed by atoms with van der Waals surface area (Å²) in [5, 5.41) is 9.67. The van der Waals surface area contributed by atoms with E-state index < -0.39 is 6.10 Å². The van der Waals surface area contributed by atoms with Gasteiger partial charge in [-0.3, -0.25) is 4.79 Å². The molecule has 0 saturated heterocycles. The van der Waals surface area contributed by atoms with Gasteiger partial charge in [0.2, 0.25) is 0 Å². The van der Waals surface area contributed by atoms with Gasteiger partial charge in [0.05, 0.1) is 0 Å². The van der Waals surface area contributed by atoms with Crippen molar-refractivity contribution < 1.29 is 9.90 Å². The normalized spacial score (nSPS) is 26.9. The van der Waals surface area contributed by atoms with Gasteiger partial charge in [0.15, 0.2) is 5.78 Å². The fraction of sp³-hybridized carbons (Fsp3) is 0.471. The minimum Gasteiger partial charge on any atom is -0.385 e. The lowest BCUT2D eigenvalue weighted by Gasteiger charge is -2.18. The fourth-order valence-corrected chi connectivity index (χ4v) is 2.68. The molecule has 0 amide bonds. The smallest absolute Gasteiger partial charge is 0.183 e. The maximum atomic E-state index is 11.5. The van der Waals surface area contributed by atoms with Crippen molar-refractivity contribution in [1.82, 2.24) is 0 Å². The second-order valence-electron chi connectivity index (χ2n) is 5.38. The van der Waals surface area contributed by atoms with Crippen molar-refractivity contribution in [1.29, 1.82) is 0 Å². The van der Waals surface area contributed by atoms with Crippen LogP contribution in [0, 0.1) is 5.92 Å². The molecule has 19 heavy (non-hydrogen) atoms. The molecule has 0 radical (unpaired) electrons. The van der Waals surface area contributed by atoms with E-state index >= 15 is 0 Å². The van der Waals surface area contributed by atoms with Gasteiger partial charge in [0.25, 0.3) is 0 Å². The van der Waals surface area contributed by atoms with E-state index in [1.165, 1.54) is 5.56 Å². The summed E-state index contributed by atoms with van der Waals surface area (Å²) in [5.74, 6) is 0.508. The van der Waals surface area contributed by atoms with Gasteiger partial charge in [-0.25, -0.2) is 0 Å². The maximum Gasteiger partial charge on any atom is 0.183 e. The van der Waals surface area contributed by atoms with Crippen LogP contribution in [0.4, 0.5) is 0 Å². The number of aliphatic hydroxyl groups excluding tert-OH is 1. The first-order valence-corrected chi connectivity index (χ1v) is 7.18. The Morgan fingerprint density at radius 2 is 1.89 bits per heavy atom. The summed E-state index contributed by atoms with van der Waals surface area (Å²) in [7, 11) is 0. The fourth-order valence-electron chi connectivity index (χ4n) is 2.68. The van der Waals surface area contributed by atoms with Crippen LogP contribution in [0.2, 0.25) is 0 Å². The molecule has 0 bridgehead atoms. The summed E-state index contributed by atoms with van der Waals surface area (Å²) in [6.45, 7) is 0. The first-order chi connectivity index (χ1) is 9.25. The second kappa shape index (κ2) is 7.25. The lowest BCUT2D eigenvalue weighted by molar-refractivity contribution is -0.122. The quantitative estimate of drug-likeness (QED) is 0.883. The Morgan fingerprint density at radius 3 is 2.68 bits per heavy atom. The molecule has 0 fully saturated rings. The average molecular weight is 258 g/mol. The zero-order chi connectivity index (χ0) is 13.5. The molecule has 0 heterocycles. The van der Waals surface area contributed by atoms with E-state index in [1.807, 2.05) is 12.1 Å². The summed E-state index contributed by atoms with van der Waals surface area (Å²) < 4.78 is 0. The Morgan fingerprint density at radius 1 is 1.11 bits per heavy atom. The number of carbonyl (C=O) groups excluding carboxylic acids is 1. The van der Waals surface area contributed by atoms with Crippen LogP contribution in [0.15, 0.2) is 42.5 Å². The number of rotatable bonds is 2. The molecule has 1 aliphatic carbocycles. The number of allylic oxidation sites excluding steroid dienone is 1. The zero-order valence-electron chi connectivity index (χ0n) is 11.3. The molecular formula is C17H22O2. The third-order valence-electron chi connectivity index (χ3n) is 3.81. The van der Waals surface area contributed by atoms with Gasteiger partial charge < -0.3 is 5.11 Å². The predicted molar refractivity (Wildman–Crippen MR) is 76.9 cm³/mol. The Balaban J connectivity index is 1.94. The van der Waals surface area contributed by atoms with Crippen molar-refractivity contribution in [3.8, 4) is 0 Å². The molecule has 2 rings (SSSR count). The Labute approximate surface area is 115 Å². The SMILES string of the molecule is O=C1/C=C\CCC(Cc2ccccc2)CCCC1O. The first kappa shape index (κ1) is 14.0. The van der Waals surface area contributed by atoms with Gasteiger partial charge in [-0.1, -0.05) is 49.2 Å². The number of hydrogen-bond acceptors (Lipinski definition) is 2. The van der Waals surface area contributed by atoms with Gasteiger partial charge in [-0.2, -0.15) is 0 Å². The van der Waals surface area contributed by atoms with E-state index in [4.69, 9.17) is 0 Å². The number of benzene rings is 1. The summed E-state index contributed by atoms with van der Waals surface area (Å²) >= 11 is 0. The highest BCUT2D eigenvalue weighted by molar-refractivity contribution is 5.93. The van der Waals surface area contributed by atoms with E-state index in [1.54, 1.807) is 6.08 Å². The van der Waals surface area contributed by atoms with E-state index in [9.17, 15) is 9.90 Å².